The summed E-state index contributed by atoms with van der Waals surface area (Å²) in [6.45, 7) is 0.727. The van der Waals surface area contributed by atoms with Crippen molar-refractivity contribution < 1.29 is 4.39 Å². The Balaban J connectivity index is 1.71. The zero-order valence-electron chi connectivity index (χ0n) is 10.9. The molecule has 3 aromatic rings. The van der Waals surface area contributed by atoms with E-state index in [1.54, 1.807) is 6.07 Å². The molecule has 0 saturated carbocycles. The Kier molecular flexibility index (Phi) is 2.71. The number of aromatic nitrogens is 3. The van der Waals surface area contributed by atoms with Crippen LogP contribution >= 0.6 is 11.6 Å². The van der Waals surface area contributed by atoms with Crippen LogP contribution in [0.3, 0.4) is 0 Å². The Morgan fingerprint density at radius 3 is 3.14 bits per heavy atom. The Labute approximate surface area is 124 Å². The number of hydrogen-bond acceptors (Lipinski definition) is 4. The first-order valence-corrected chi connectivity index (χ1v) is 6.90. The van der Waals surface area contributed by atoms with Gasteiger partial charge in [0.1, 0.15) is 17.8 Å². The third-order valence-electron chi connectivity index (χ3n) is 3.61. The smallest absolute Gasteiger partial charge is 0.157 e. The van der Waals surface area contributed by atoms with E-state index in [9.17, 15) is 4.39 Å². The van der Waals surface area contributed by atoms with E-state index in [0.29, 0.717) is 5.82 Å². The second kappa shape index (κ2) is 4.60. The van der Waals surface area contributed by atoms with Gasteiger partial charge in [0.25, 0.3) is 0 Å². The molecule has 0 spiro atoms. The van der Waals surface area contributed by atoms with Crippen LogP contribution in [0.4, 0.5) is 15.9 Å². The van der Waals surface area contributed by atoms with Gasteiger partial charge in [0.15, 0.2) is 5.82 Å². The highest BCUT2D eigenvalue weighted by atomic mass is 35.5. The summed E-state index contributed by atoms with van der Waals surface area (Å²) in [4.78, 5) is 11.5. The van der Waals surface area contributed by atoms with Gasteiger partial charge in [0.05, 0.1) is 16.1 Å². The predicted octanol–water partition coefficient (Wildman–Crippen LogP) is 3.14. The third kappa shape index (κ3) is 1.99. The standard InChI is InChI=1S/C14H11ClFN5/c15-10-6-12-8(5-11(10)16)2-4-21(12)20-14-9-1-3-17-13(9)18-7-19-14/h1,3,5-7H,2,4H2,(H2,17,18,19,20). The van der Waals surface area contributed by atoms with Crippen molar-refractivity contribution in [3.05, 3.63) is 47.1 Å². The molecule has 0 radical (unpaired) electrons. The van der Waals surface area contributed by atoms with Crippen molar-refractivity contribution in [1.82, 2.24) is 15.0 Å². The fourth-order valence-electron chi connectivity index (χ4n) is 2.59. The van der Waals surface area contributed by atoms with Crippen molar-refractivity contribution in [1.29, 1.82) is 0 Å². The van der Waals surface area contributed by atoms with Crippen LogP contribution in [0.5, 0.6) is 0 Å². The Hall–Kier alpha value is -2.34. The van der Waals surface area contributed by atoms with Gasteiger partial charge in [-0.1, -0.05) is 11.6 Å². The van der Waals surface area contributed by atoms with E-state index in [1.165, 1.54) is 12.4 Å². The minimum absolute atomic E-state index is 0.122. The molecule has 0 bridgehead atoms. The van der Waals surface area contributed by atoms with Crippen LogP contribution < -0.4 is 10.4 Å². The lowest BCUT2D eigenvalue weighted by atomic mass is 10.2. The van der Waals surface area contributed by atoms with Crippen LogP contribution in [-0.2, 0) is 6.42 Å². The maximum atomic E-state index is 13.5. The van der Waals surface area contributed by atoms with Crippen LogP contribution in [0.2, 0.25) is 5.02 Å². The van der Waals surface area contributed by atoms with Gasteiger partial charge in [-0.15, -0.1) is 0 Å². The molecule has 1 aliphatic heterocycles. The zero-order chi connectivity index (χ0) is 14.4. The van der Waals surface area contributed by atoms with Gasteiger partial charge in [0.2, 0.25) is 0 Å². The summed E-state index contributed by atoms with van der Waals surface area (Å²) >= 11 is 5.88. The van der Waals surface area contributed by atoms with Crippen molar-refractivity contribution in [2.45, 2.75) is 6.42 Å². The van der Waals surface area contributed by atoms with Crippen molar-refractivity contribution in [3.8, 4) is 0 Å². The largest absolute Gasteiger partial charge is 0.346 e. The van der Waals surface area contributed by atoms with Gasteiger partial charge < -0.3 is 4.98 Å². The van der Waals surface area contributed by atoms with Crippen LogP contribution in [0.25, 0.3) is 11.0 Å². The summed E-state index contributed by atoms with van der Waals surface area (Å²) in [6.07, 6.45) is 4.07. The molecular weight excluding hydrogens is 293 g/mol. The number of anilines is 2. The number of H-pyrrole nitrogens is 1. The molecule has 3 heterocycles. The molecule has 0 fully saturated rings. The first-order chi connectivity index (χ1) is 10.2. The molecule has 0 amide bonds. The predicted molar refractivity (Wildman–Crippen MR) is 80.0 cm³/mol. The molecule has 21 heavy (non-hydrogen) atoms. The lowest BCUT2D eigenvalue weighted by Crippen LogP contribution is -2.28. The van der Waals surface area contributed by atoms with Crippen LogP contribution in [0, 0.1) is 5.82 Å². The number of hydrogen-bond donors (Lipinski definition) is 2. The quantitative estimate of drug-likeness (QED) is 0.763. The summed E-state index contributed by atoms with van der Waals surface area (Å²) in [7, 11) is 0. The first-order valence-electron chi connectivity index (χ1n) is 6.52. The molecule has 0 unspecified atom stereocenters. The lowest BCUT2D eigenvalue weighted by molar-refractivity contribution is 0.627. The molecular formula is C14H11ClFN5. The maximum Gasteiger partial charge on any atom is 0.157 e. The van der Waals surface area contributed by atoms with Crippen LogP contribution in [0.15, 0.2) is 30.7 Å². The highest BCUT2D eigenvalue weighted by Gasteiger charge is 2.22. The summed E-state index contributed by atoms with van der Waals surface area (Å²) in [6, 6.07) is 5.04. The molecule has 2 aromatic heterocycles. The van der Waals surface area contributed by atoms with E-state index in [0.717, 1.165) is 35.2 Å². The molecule has 2 N–H and O–H groups in total. The number of fused-ring (bicyclic) bond motifs is 2. The SMILES string of the molecule is Fc1cc2c(cc1Cl)N(Nc1ncnc3[nH]ccc13)CC2. The summed E-state index contributed by atoms with van der Waals surface area (Å²) in [5.41, 5.74) is 5.83. The monoisotopic (exact) mass is 303 g/mol. The number of rotatable bonds is 2. The fraction of sp³-hybridized carbons (Fsp3) is 0.143. The highest BCUT2D eigenvalue weighted by Crippen LogP contribution is 2.33. The molecule has 0 atom stereocenters. The first kappa shape index (κ1) is 12.4. The van der Waals surface area contributed by atoms with E-state index in [2.05, 4.69) is 20.4 Å². The molecule has 7 heteroatoms. The molecule has 1 aliphatic rings. The average molecular weight is 304 g/mol. The number of hydrazine groups is 1. The second-order valence-corrected chi connectivity index (χ2v) is 5.28. The minimum Gasteiger partial charge on any atom is -0.346 e. The van der Waals surface area contributed by atoms with Gasteiger partial charge in [-0.3, -0.25) is 10.4 Å². The third-order valence-corrected chi connectivity index (χ3v) is 3.90. The van der Waals surface area contributed by atoms with E-state index in [4.69, 9.17) is 11.6 Å². The van der Waals surface area contributed by atoms with Gasteiger partial charge in [-0.05, 0) is 30.2 Å². The zero-order valence-corrected chi connectivity index (χ0v) is 11.7. The topological polar surface area (TPSA) is 56.8 Å². The van der Waals surface area contributed by atoms with Gasteiger partial charge in [-0.2, -0.15) is 0 Å². The van der Waals surface area contributed by atoms with E-state index in [-0.39, 0.29) is 10.8 Å². The molecule has 106 valence electrons. The van der Waals surface area contributed by atoms with Gasteiger partial charge >= 0.3 is 0 Å². The van der Waals surface area contributed by atoms with Crippen molar-refractivity contribution in [2.75, 3.05) is 17.0 Å². The molecule has 1 aromatic carbocycles. The summed E-state index contributed by atoms with van der Waals surface area (Å²) in [5, 5.41) is 2.95. The van der Waals surface area contributed by atoms with E-state index >= 15 is 0 Å². The average Bonchev–Trinajstić information content (AvgIpc) is 3.08. The summed E-state index contributed by atoms with van der Waals surface area (Å²) in [5.74, 6) is 0.321. The number of nitrogens with one attached hydrogen (secondary N) is 2. The lowest BCUT2D eigenvalue weighted by Gasteiger charge is -2.21. The normalized spacial score (nSPS) is 13.7. The number of aromatic amines is 1. The molecule has 0 saturated heterocycles. The highest BCUT2D eigenvalue weighted by molar-refractivity contribution is 6.31. The van der Waals surface area contributed by atoms with Crippen molar-refractivity contribution in [3.63, 3.8) is 0 Å². The number of benzene rings is 1. The Morgan fingerprint density at radius 1 is 1.33 bits per heavy atom. The van der Waals surface area contributed by atoms with E-state index in [1.807, 2.05) is 17.3 Å². The van der Waals surface area contributed by atoms with E-state index < -0.39 is 0 Å². The van der Waals surface area contributed by atoms with Crippen LogP contribution in [-0.4, -0.2) is 21.5 Å². The van der Waals surface area contributed by atoms with Gasteiger partial charge in [0, 0.05) is 12.7 Å². The van der Waals surface area contributed by atoms with Crippen LogP contribution in [0.1, 0.15) is 5.56 Å². The second-order valence-electron chi connectivity index (χ2n) is 4.87. The molecule has 0 aliphatic carbocycles. The Bertz CT molecular complexity index is 831. The number of nitrogens with zero attached hydrogens (tertiary/aromatic N) is 3. The molecule has 5 nitrogen and oxygen atoms in total. The summed E-state index contributed by atoms with van der Waals surface area (Å²) < 4.78 is 13.5. The maximum absolute atomic E-state index is 13.5. The van der Waals surface area contributed by atoms with Crippen molar-refractivity contribution in [2.24, 2.45) is 0 Å². The van der Waals surface area contributed by atoms with Gasteiger partial charge in [-0.25, -0.2) is 14.4 Å². The minimum atomic E-state index is -0.382. The molecule has 4 rings (SSSR count). The number of halogens is 2. The van der Waals surface area contributed by atoms with Crippen molar-refractivity contribution >= 4 is 34.1 Å². The Morgan fingerprint density at radius 2 is 2.24 bits per heavy atom. The fourth-order valence-corrected chi connectivity index (χ4v) is 2.75.